The molecule has 0 spiro atoms. The number of anilines is 2. The number of likely N-dealkylation sites (tertiary alicyclic amines) is 1. The van der Waals surface area contributed by atoms with E-state index >= 15 is 0 Å². The summed E-state index contributed by atoms with van der Waals surface area (Å²) < 4.78 is 6.74. The Morgan fingerprint density at radius 1 is 1.00 bits per heavy atom. The molecule has 196 valence electrons. The van der Waals surface area contributed by atoms with Gasteiger partial charge in [-0.25, -0.2) is 9.78 Å². The fourth-order valence-electron chi connectivity index (χ4n) is 5.91. The second kappa shape index (κ2) is 10.9. The lowest BCUT2D eigenvalue weighted by Crippen LogP contribution is -2.40. The van der Waals surface area contributed by atoms with Gasteiger partial charge in [-0.1, -0.05) is 44.2 Å². The van der Waals surface area contributed by atoms with Crippen LogP contribution in [-0.4, -0.2) is 51.1 Å². The minimum atomic E-state index is -0.480. The van der Waals surface area contributed by atoms with Crippen LogP contribution in [0.15, 0.2) is 30.6 Å². The van der Waals surface area contributed by atoms with Crippen LogP contribution in [-0.2, 0) is 4.74 Å². The highest BCUT2D eigenvalue weighted by molar-refractivity contribution is 6.01. The van der Waals surface area contributed by atoms with Crippen molar-refractivity contribution >= 4 is 29.0 Å². The van der Waals surface area contributed by atoms with Crippen LogP contribution < -0.4 is 5.32 Å². The predicted molar refractivity (Wildman–Crippen MR) is 143 cm³/mol. The lowest BCUT2D eigenvalue weighted by molar-refractivity contribution is 0.0528. The van der Waals surface area contributed by atoms with Gasteiger partial charge in [-0.15, -0.1) is 0 Å². The van der Waals surface area contributed by atoms with Crippen molar-refractivity contribution < 1.29 is 14.3 Å². The fourth-order valence-corrected chi connectivity index (χ4v) is 5.91. The van der Waals surface area contributed by atoms with Gasteiger partial charge in [0, 0.05) is 25.0 Å². The third-order valence-electron chi connectivity index (χ3n) is 8.04. The molecule has 2 fully saturated rings. The number of carbonyl (C=O) groups excluding carboxylic acids is 2. The van der Waals surface area contributed by atoms with E-state index < -0.39 is 5.97 Å². The number of rotatable bonds is 6. The molecule has 8 heteroatoms. The molecule has 1 aliphatic carbocycles. The smallest absolute Gasteiger partial charge is 0.343 e. The van der Waals surface area contributed by atoms with Crippen molar-refractivity contribution in [1.82, 2.24) is 19.5 Å². The van der Waals surface area contributed by atoms with E-state index in [2.05, 4.69) is 21.5 Å². The molecule has 5 rings (SSSR count). The summed E-state index contributed by atoms with van der Waals surface area (Å²) in [6.07, 6.45) is 11.9. The molecule has 0 bridgehead atoms. The van der Waals surface area contributed by atoms with E-state index in [-0.39, 0.29) is 18.1 Å². The van der Waals surface area contributed by atoms with Crippen LogP contribution in [0.5, 0.6) is 0 Å². The van der Waals surface area contributed by atoms with E-state index in [1.807, 2.05) is 30.9 Å². The number of aryl methyl sites for hydroxylation is 2. The normalized spacial score (nSPS) is 17.2. The van der Waals surface area contributed by atoms with Crippen molar-refractivity contribution in [2.45, 2.75) is 65.7 Å². The number of nitrogens with one attached hydrogen (secondary N) is 1. The molecule has 1 saturated carbocycles. The summed E-state index contributed by atoms with van der Waals surface area (Å²) in [4.78, 5) is 32.8. The van der Waals surface area contributed by atoms with E-state index in [9.17, 15) is 9.59 Å². The van der Waals surface area contributed by atoms with Crippen molar-refractivity contribution in [3.63, 3.8) is 0 Å². The average Bonchev–Trinajstić information content (AvgIpc) is 3.36. The van der Waals surface area contributed by atoms with Crippen LogP contribution in [0.1, 0.15) is 83.7 Å². The zero-order chi connectivity index (χ0) is 25.9. The average molecular weight is 504 g/mol. The topological polar surface area (TPSA) is 88.8 Å². The maximum absolute atomic E-state index is 13.8. The van der Waals surface area contributed by atoms with Crippen molar-refractivity contribution in [2.24, 2.45) is 11.8 Å². The molecule has 1 amide bonds. The number of aromatic nitrogens is 3. The zero-order valence-electron chi connectivity index (χ0n) is 22.1. The second-order valence-electron chi connectivity index (χ2n) is 10.5. The van der Waals surface area contributed by atoms with E-state index in [0.29, 0.717) is 17.0 Å². The van der Waals surface area contributed by atoms with E-state index in [1.165, 1.54) is 38.3 Å². The molecule has 8 nitrogen and oxygen atoms in total. The highest BCUT2D eigenvalue weighted by atomic mass is 16.5. The monoisotopic (exact) mass is 503 g/mol. The highest BCUT2D eigenvalue weighted by Crippen LogP contribution is 2.36. The SMILES string of the molecule is CCOC(=O)c1cnn2c(Nc3cc(C)ccc3C)c(C(=O)N3CCC(C4CCCCC4)CC3)cnc12. The van der Waals surface area contributed by atoms with Crippen LogP contribution in [0, 0.1) is 25.7 Å². The first-order valence-electron chi connectivity index (χ1n) is 13.6. The summed E-state index contributed by atoms with van der Waals surface area (Å²) in [7, 11) is 0. The van der Waals surface area contributed by atoms with E-state index in [1.54, 1.807) is 17.6 Å². The highest BCUT2D eigenvalue weighted by Gasteiger charge is 2.31. The number of fused-ring (bicyclic) bond motifs is 1. The Bertz CT molecular complexity index is 1290. The van der Waals surface area contributed by atoms with Gasteiger partial charge in [0.25, 0.3) is 5.91 Å². The Morgan fingerprint density at radius 3 is 2.46 bits per heavy atom. The number of nitrogens with zero attached hydrogens (tertiary/aromatic N) is 4. The number of piperidine rings is 1. The number of amides is 1. The van der Waals surface area contributed by atoms with Crippen LogP contribution in [0.25, 0.3) is 5.65 Å². The Balaban J connectivity index is 1.46. The molecule has 2 aromatic heterocycles. The first-order valence-corrected chi connectivity index (χ1v) is 13.6. The van der Waals surface area contributed by atoms with Gasteiger partial charge >= 0.3 is 5.97 Å². The summed E-state index contributed by atoms with van der Waals surface area (Å²) in [6, 6.07) is 6.14. The van der Waals surface area contributed by atoms with Gasteiger partial charge in [0.05, 0.1) is 12.8 Å². The van der Waals surface area contributed by atoms with E-state index in [4.69, 9.17) is 4.74 Å². The molecule has 0 atom stereocenters. The van der Waals surface area contributed by atoms with Gasteiger partial charge in [0.1, 0.15) is 16.9 Å². The Labute approximate surface area is 218 Å². The molecule has 1 N–H and O–H groups in total. The molecule has 3 aromatic rings. The quantitative estimate of drug-likeness (QED) is 0.434. The van der Waals surface area contributed by atoms with Crippen LogP contribution >= 0.6 is 0 Å². The zero-order valence-corrected chi connectivity index (χ0v) is 22.1. The number of hydrogen-bond donors (Lipinski definition) is 1. The van der Waals surface area contributed by atoms with Gasteiger partial charge in [-0.3, -0.25) is 4.79 Å². The first-order chi connectivity index (χ1) is 18.0. The molecule has 0 unspecified atom stereocenters. The Kier molecular flexibility index (Phi) is 7.44. The van der Waals surface area contributed by atoms with E-state index in [0.717, 1.165) is 54.6 Å². The van der Waals surface area contributed by atoms with Gasteiger partial charge in [0.15, 0.2) is 5.65 Å². The van der Waals surface area contributed by atoms with Crippen molar-refractivity contribution in [2.75, 3.05) is 25.0 Å². The molecule has 1 saturated heterocycles. The van der Waals surface area contributed by atoms with Gasteiger partial charge in [-0.05, 0) is 62.6 Å². The maximum Gasteiger partial charge on any atom is 0.343 e. The fraction of sp³-hybridized carbons (Fsp3) is 0.517. The number of esters is 1. The third-order valence-corrected chi connectivity index (χ3v) is 8.04. The van der Waals surface area contributed by atoms with Crippen molar-refractivity contribution in [1.29, 1.82) is 0 Å². The van der Waals surface area contributed by atoms with Crippen LogP contribution in [0.3, 0.4) is 0 Å². The van der Waals surface area contributed by atoms with Crippen molar-refractivity contribution in [3.05, 3.63) is 52.8 Å². The third kappa shape index (κ3) is 5.20. The number of hydrogen-bond acceptors (Lipinski definition) is 6. The lowest BCUT2D eigenvalue weighted by atomic mass is 9.76. The number of ether oxygens (including phenoxy) is 1. The lowest BCUT2D eigenvalue weighted by Gasteiger charge is -2.37. The molecule has 2 aliphatic rings. The van der Waals surface area contributed by atoms with Gasteiger partial charge in [0.2, 0.25) is 0 Å². The summed E-state index contributed by atoms with van der Waals surface area (Å²) in [5.41, 5.74) is 4.11. The summed E-state index contributed by atoms with van der Waals surface area (Å²) in [5, 5.41) is 7.90. The largest absolute Gasteiger partial charge is 0.462 e. The molecular weight excluding hydrogens is 466 g/mol. The standard InChI is InChI=1S/C29H37N5O3/c1-4-37-29(36)24-18-31-34-26(24)30-17-23(27(34)32-25-16-19(2)10-11-20(25)3)28(35)33-14-12-22(13-15-33)21-8-6-5-7-9-21/h10-11,16-18,21-22,32H,4-9,12-15H2,1-3H3. The molecular formula is C29H37N5O3. The second-order valence-corrected chi connectivity index (χ2v) is 10.5. The minimum absolute atomic E-state index is 0.0579. The molecule has 0 radical (unpaired) electrons. The summed E-state index contributed by atoms with van der Waals surface area (Å²) in [5.74, 6) is 1.50. The maximum atomic E-state index is 13.8. The minimum Gasteiger partial charge on any atom is -0.462 e. The molecule has 1 aromatic carbocycles. The van der Waals surface area contributed by atoms with Crippen LogP contribution in [0.4, 0.5) is 11.5 Å². The molecule has 37 heavy (non-hydrogen) atoms. The van der Waals surface area contributed by atoms with Gasteiger partial charge in [-0.2, -0.15) is 9.61 Å². The van der Waals surface area contributed by atoms with Crippen LogP contribution in [0.2, 0.25) is 0 Å². The number of carbonyl (C=O) groups is 2. The van der Waals surface area contributed by atoms with Crippen molar-refractivity contribution in [3.8, 4) is 0 Å². The number of benzene rings is 1. The summed E-state index contributed by atoms with van der Waals surface area (Å²) >= 11 is 0. The Morgan fingerprint density at radius 2 is 1.73 bits per heavy atom. The summed E-state index contributed by atoms with van der Waals surface area (Å²) in [6.45, 7) is 7.59. The molecule has 3 heterocycles. The first kappa shape index (κ1) is 25.2. The molecule has 1 aliphatic heterocycles. The van der Waals surface area contributed by atoms with Gasteiger partial charge < -0.3 is 15.0 Å². The Hall–Kier alpha value is -3.42. The predicted octanol–water partition coefficient (Wildman–Crippen LogP) is 5.70.